The standard InChI is InChI=1S/C47H63F2N12O5/c1-50-30-61(66)23-17-38-37(29-61)45(57-19-8-10-31-24-35(32-27-52-53(2)28-32)36(44(48)49)26-41(31)57)55(4)60(38)34-15-21-56(22-16-34)43(62)12-6-5-7-18-51-33-13-14-39-42(25-33)54(3)47(64)59(39)40-11-9-20-58(65)46(40)63/h13-14,24-28,34,40,44-45,50-51H,5-12,15-23,29-30H2,1-4H3/q+1. The van der Waals surface area contributed by atoms with E-state index in [1.54, 1.807) is 44.3 Å². The fourth-order valence-corrected chi connectivity index (χ4v) is 11.4. The van der Waals surface area contributed by atoms with E-state index in [4.69, 9.17) is 0 Å². The van der Waals surface area contributed by atoms with E-state index in [2.05, 4.69) is 37.7 Å². The molecule has 0 radical (unpaired) electrons. The minimum Gasteiger partial charge on any atom is -0.632 e. The van der Waals surface area contributed by atoms with Crippen LogP contribution in [0, 0.1) is 10.1 Å². The Bertz CT molecular complexity index is 2600. The summed E-state index contributed by atoms with van der Waals surface area (Å²) in [6, 6.07) is 8.54. The van der Waals surface area contributed by atoms with E-state index in [0.29, 0.717) is 91.9 Å². The summed E-state index contributed by atoms with van der Waals surface area (Å²) in [7, 11) is 7.33. The van der Waals surface area contributed by atoms with Gasteiger partial charge >= 0.3 is 11.6 Å². The lowest BCUT2D eigenvalue weighted by molar-refractivity contribution is -0.880. The molecule has 3 unspecified atom stereocenters. The third-order valence-corrected chi connectivity index (χ3v) is 14.6. The van der Waals surface area contributed by atoms with Gasteiger partial charge in [0, 0.05) is 118 Å². The molecule has 5 aliphatic heterocycles. The van der Waals surface area contributed by atoms with Crippen molar-refractivity contribution in [3.8, 4) is 11.1 Å². The van der Waals surface area contributed by atoms with Crippen LogP contribution in [-0.4, -0.2) is 134 Å². The highest BCUT2D eigenvalue weighted by atomic mass is 19.3. The molecule has 19 heteroatoms. The Morgan fingerprint density at radius 2 is 1.80 bits per heavy atom. The Morgan fingerprint density at radius 1 is 1.00 bits per heavy atom. The predicted octanol–water partition coefficient (Wildman–Crippen LogP) is 5.37. The van der Waals surface area contributed by atoms with Crippen LogP contribution < -0.4 is 21.2 Å². The molecule has 17 nitrogen and oxygen atoms in total. The van der Waals surface area contributed by atoms with Crippen molar-refractivity contribution >= 4 is 34.2 Å². The molecule has 2 amide bonds. The number of carbonyl (C=O) groups is 2. The zero-order valence-corrected chi connectivity index (χ0v) is 38.6. The molecular weight excluding hydrogens is 851 g/mol. The first-order chi connectivity index (χ1) is 31.8. The minimum atomic E-state index is -2.67. The van der Waals surface area contributed by atoms with E-state index in [0.717, 1.165) is 73.2 Å². The Kier molecular flexibility index (Phi) is 12.9. The summed E-state index contributed by atoms with van der Waals surface area (Å²) in [4.78, 5) is 55.6. The van der Waals surface area contributed by atoms with E-state index in [-0.39, 0.29) is 47.2 Å². The number of fused-ring (bicyclic) bond motifs is 2. The van der Waals surface area contributed by atoms with Crippen LogP contribution in [-0.2, 0) is 30.1 Å². The molecule has 5 aliphatic rings. The number of likely N-dealkylation sites (N-methyl/N-ethyl adjacent to an activating group) is 1. The van der Waals surface area contributed by atoms with E-state index < -0.39 is 18.4 Å². The lowest BCUT2D eigenvalue weighted by Crippen LogP contribution is -2.56. The van der Waals surface area contributed by atoms with Crippen LogP contribution in [0.1, 0.15) is 87.8 Å². The number of anilines is 2. The number of aryl methyl sites for hydroxylation is 3. The zero-order chi connectivity index (χ0) is 46.4. The van der Waals surface area contributed by atoms with Crippen molar-refractivity contribution in [1.29, 1.82) is 0 Å². The molecule has 2 aromatic heterocycles. The maximum Gasteiger partial charge on any atom is 0.455 e. The molecule has 354 valence electrons. The lowest BCUT2D eigenvalue weighted by Gasteiger charge is -2.47. The van der Waals surface area contributed by atoms with Gasteiger partial charge in [-0.1, -0.05) is 6.42 Å². The maximum absolute atomic E-state index is 14.8. The molecule has 2 saturated heterocycles. The van der Waals surface area contributed by atoms with Gasteiger partial charge in [-0.05, 0) is 93.5 Å². The average Bonchev–Trinajstić information content (AvgIpc) is 3.94. The van der Waals surface area contributed by atoms with Crippen molar-refractivity contribution in [2.45, 2.75) is 95.3 Å². The molecule has 2 aromatic carbocycles. The van der Waals surface area contributed by atoms with Crippen molar-refractivity contribution < 1.29 is 27.8 Å². The van der Waals surface area contributed by atoms with Gasteiger partial charge in [0.05, 0.1) is 28.5 Å². The number of amides is 2. The number of likely N-dealkylation sites (tertiary alicyclic amines) is 1. The van der Waals surface area contributed by atoms with Gasteiger partial charge in [-0.25, -0.2) is 18.4 Å². The van der Waals surface area contributed by atoms with Crippen molar-refractivity contribution in [2.75, 3.05) is 76.8 Å². The molecule has 2 N–H and O–H groups in total. The third kappa shape index (κ3) is 8.54. The number of halogens is 2. The van der Waals surface area contributed by atoms with Crippen LogP contribution in [0.15, 0.2) is 58.8 Å². The summed E-state index contributed by atoms with van der Waals surface area (Å²) in [5.41, 5.74) is 7.01. The number of rotatable bonds is 14. The molecule has 0 bridgehead atoms. The number of benzene rings is 2. The second kappa shape index (κ2) is 18.6. The molecule has 66 heavy (non-hydrogen) atoms. The number of carbonyl (C=O) groups excluding carboxylic acids is 2. The highest BCUT2D eigenvalue weighted by molar-refractivity contribution is 5.83. The molecule has 3 atom stereocenters. The summed E-state index contributed by atoms with van der Waals surface area (Å²) >= 11 is 0. The molecule has 7 heterocycles. The van der Waals surface area contributed by atoms with Crippen LogP contribution in [0.5, 0.6) is 0 Å². The summed E-state index contributed by atoms with van der Waals surface area (Å²) in [6.45, 7) is 3.85. The van der Waals surface area contributed by atoms with Gasteiger partial charge in [-0.15, -0.1) is 0 Å². The van der Waals surface area contributed by atoms with Crippen LogP contribution in [0.4, 0.5) is 20.2 Å². The number of nitroso groups, excluding NO2 is 1. The molecule has 0 spiro atoms. The molecule has 0 aliphatic carbocycles. The Hall–Kier alpha value is -5.50. The first kappa shape index (κ1) is 45.6. The van der Waals surface area contributed by atoms with Crippen molar-refractivity contribution in [3.63, 3.8) is 0 Å². The molecular formula is C47H63F2N12O5+. The summed E-state index contributed by atoms with van der Waals surface area (Å²) in [5, 5.41) is 29.6. The fraction of sp³-hybridized carbons (Fsp3) is 0.574. The number of alkyl halides is 2. The highest BCUT2D eigenvalue weighted by Gasteiger charge is 2.48. The number of unbranched alkanes of at least 4 members (excludes halogenated alkanes) is 2. The van der Waals surface area contributed by atoms with E-state index >= 15 is 0 Å². The summed E-state index contributed by atoms with van der Waals surface area (Å²) < 4.78 is 34.3. The average molecular weight is 914 g/mol. The Labute approximate surface area is 383 Å². The van der Waals surface area contributed by atoms with Crippen LogP contribution >= 0.6 is 0 Å². The van der Waals surface area contributed by atoms with E-state index in [1.807, 2.05) is 29.2 Å². The van der Waals surface area contributed by atoms with Crippen molar-refractivity contribution in [2.24, 2.45) is 14.1 Å². The SMILES string of the molecule is CNC[N+]1([O-])CCC2=C(C1)C(N1CCCc3cc(-c4cnn(C)c4)c(C(F)F)cc31)N(C)N2C1CCN(C(=O)CCCCCNc2ccc3c(c2)n(C)c(=O)n3C2CCC[N+](=O)C2=O)CC1. The van der Waals surface area contributed by atoms with Gasteiger partial charge in [-0.2, -0.15) is 10.1 Å². The van der Waals surface area contributed by atoms with Gasteiger partial charge in [0.15, 0.2) is 6.04 Å². The van der Waals surface area contributed by atoms with Gasteiger partial charge in [-0.3, -0.25) is 23.9 Å². The monoisotopic (exact) mass is 914 g/mol. The Balaban J connectivity index is 0.813. The number of hydrogen-bond acceptors (Lipinski definition) is 11. The first-order valence-corrected chi connectivity index (χ1v) is 23.6. The summed E-state index contributed by atoms with van der Waals surface area (Å²) in [5.74, 6) is -0.419. The van der Waals surface area contributed by atoms with Gasteiger partial charge < -0.3 is 30.0 Å². The number of quaternary nitrogens is 1. The van der Waals surface area contributed by atoms with Crippen LogP contribution in [0.2, 0.25) is 0 Å². The maximum atomic E-state index is 14.8. The van der Waals surface area contributed by atoms with Crippen molar-refractivity contribution in [1.82, 2.24) is 39.1 Å². The Morgan fingerprint density at radius 3 is 2.55 bits per heavy atom. The first-order valence-electron chi connectivity index (χ1n) is 23.6. The number of hydroxylamine groups is 3. The zero-order valence-electron chi connectivity index (χ0n) is 38.6. The third-order valence-electron chi connectivity index (χ3n) is 14.6. The van der Waals surface area contributed by atoms with Gasteiger partial charge in [0.1, 0.15) is 19.4 Å². The van der Waals surface area contributed by atoms with Crippen molar-refractivity contribution in [3.05, 3.63) is 85.7 Å². The van der Waals surface area contributed by atoms with Crippen LogP contribution in [0.25, 0.3) is 22.2 Å². The smallest absolute Gasteiger partial charge is 0.455 e. The summed E-state index contributed by atoms with van der Waals surface area (Å²) in [6.07, 6.45) is 8.22. The predicted molar refractivity (Wildman–Crippen MR) is 247 cm³/mol. The number of nitrogens with zero attached hydrogens (tertiary/aromatic N) is 10. The second-order valence-electron chi connectivity index (χ2n) is 18.9. The van der Waals surface area contributed by atoms with Gasteiger partial charge in [0.2, 0.25) is 12.5 Å². The normalized spacial score (nSPS) is 23.1. The second-order valence-corrected chi connectivity index (χ2v) is 18.9. The molecule has 0 saturated carbocycles. The molecule has 2 fully saturated rings. The van der Waals surface area contributed by atoms with E-state index in [9.17, 15) is 33.3 Å². The number of aromatic nitrogens is 4. The number of nitrogens with one attached hydrogen (secondary N) is 2. The lowest BCUT2D eigenvalue weighted by atomic mass is 9.92. The quantitative estimate of drug-likeness (QED) is 0.0725. The number of hydrogen-bond donors (Lipinski definition) is 2. The minimum absolute atomic E-state index is 0.0204. The van der Waals surface area contributed by atoms with E-state index in [1.165, 1.54) is 9.13 Å². The molecule has 9 rings (SSSR count). The number of hydrazine groups is 1. The number of piperidine rings is 2. The number of imidazole rings is 1. The highest BCUT2D eigenvalue weighted by Crippen LogP contribution is 2.45. The molecule has 4 aromatic rings. The fourth-order valence-electron chi connectivity index (χ4n) is 11.4. The van der Waals surface area contributed by atoms with Gasteiger partial charge in [0.25, 0.3) is 6.43 Å². The topological polar surface area (TPSA) is 159 Å². The largest absolute Gasteiger partial charge is 0.632 e. The van der Waals surface area contributed by atoms with Crippen LogP contribution in [0.3, 0.4) is 0 Å².